The molecule has 0 amide bonds. The number of rotatable bonds is 4. The molecule has 1 aromatic heterocycles. The van der Waals surface area contributed by atoms with Gasteiger partial charge in [-0.2, -0.15) is 0 Å². The van der Waals surface area contributed by atoms with Crippen molar-refractivity contribution >= 4 is 17.3 Å². The second-order valence-electron chi connectivity index (χ2n) is 2.52. The van der Waals surface area contributed by atoms with Gasteiger partial charge in [0.05, 0.1) is 0 Å². The average molecular weight is 197 g/mol. The Hall–Kier alpha value is -1.16. The Morgan fingerprint density at radius 3 is 3.08 bits per heavy atom. The van der Waals surface area contributed by atoms with Crippen molar-refractivity contribution in [2.75, 3.05) is 0 Å². The smallest absolute Gasteiger partial charge is 0.317 e. The number of carbonyl (C=O) groups is 1. The summed E-state index contributed by atoms with van der Waals surface area (Å²) in [5.41, 5.74) is 0. The zero-order valence-corrected chi connectivity index (χ0v) is 8.12. The van der Waals surface area contributed by atoms with E-state index in [2.05, 4.69) is 4.98 Å². The molecule has 0 bridgehead atoms. The number of thiazole rings is 1. The van der Waals surface area contributed by atoms with Gasteiger partial charge in [0, 0.05) is 11.6 Å². The highest BCUT2D eigenvalue weighted by Crippen LogP contribution is 2.19. The van der Waals surface area contributed by atoms with Crippen molar-refractivity contribution in [2.24, 2.45) is 0 Å². The van der Waals surface area contributed by atoms with Crippen molar-refractivity contribution in [3.05, 3.63) is 28.7 Å². The number of nitrogens with zero attached hydrogens (tertiary/aromatic N) is 1. The van der Waals surface area contributed by atoms with Crippen LogP contribution < -0.4 is 0 Å². The van der Waals surface area contributed by atoms with Crippen molar-refractivity contribution in [3.8, 4) is 0 Å². The maximum atomic E-state index is 10.8. The van der Waals surface area contributed by atoms with Crippen LogP contribution >= 0.6 is 11.3 Å². The SMILES string of the molecule is CCC=CC(C(=O)O)c1nccs1. The first-order chi connectivity index (χ1) is 6.25. The maximum Gasteiger partial charge on any atom is 0.317 e. The van der Waals surface area contributed by atoms with E-state index in [1.807, 2.05) is 13.0 Å². The molecule has 70 valence electrons. The van der Waals surface area contributed by atoms with Gasteiger partial charge in [-0.3, -0.25) is 4.79 Å². The first-order valence-electron chi connectivity index (χ1n) is 4.04. The monoisotopic (exact) mass is 197 g/mol. The van der Waals surface area contributed by atoms with Gasteiger partial charge in [-0.1, -0.05) is 19.1 Å². The summed E-state index contributed by atoms with van der Waals surface area (Å²) >= 11 is 1.37. The van der Waals surface area contributed by atoms with Gasteiger partial charge in [0.25, 0.3) is 0 Å². The molecule has 0 aliphatic rings. The second-order valence-corrected chi connectivity index (χ2v) is 3.45. The summed E-state index contributed by atoms with van der Waals surface area (Å²) in [4.78, 5) is 14.8. The lowest BCUT2D eigenvalue weighted by molar-refractivity contribution is -0.137. The molecule has 0 saturated carbocycles. The highest BCUT2D eigenvalue weighted by atomic mass is 32.1. The molecular formula is C9H11NO2S. The van der Waals surface area contributed by atoms with Crippen LogP contribution in [0.5, 0.6) is 0 Å². The average Bonchev–Trinajstić information content (AvgIpc) is 2.57. The van der Waals surface area contributed by atoms with Gasteiger partial charge in [0.2, 0.25) is 0 Å². The van der Waals surface area contributed by atoms with Crippen LogP contribution in [0.2, 0.25) is 0 Å². The molecule has 3 nitrogen and oxygen atoms in total. The number of carboxylic acids is 1. The van der Waals surface area contributed by atoms with Gasteiger partial charge in [-0.15, -0.1) is 11.3 Å². The van der Waals surface area contributed by atoms with Gasteiger partial charge in [0.1, 0.15) is 10.9 Å². The molecule has 0 spiro atoms. The lowest BCUT2D eigenvalue weighted by Gasteiger charge is -2.01. The molecule has 0 aliphatic carbocycles. The largest absolute Gasteiger partial charge is 0.480 e. The third-order valence-corrected chi connectivity index (χ3v) is 2.41. The molecule has 1 atom stereocenters. The summed E-state index contributed by atoms with van der Waals surface area (Å²) in [5.74, 6) is -1.43. The first kappa shape index (κ1) is 9.92. The van der Waals surface area contributed by atoms with E-state index in [1.165, 1.54) is 11.3 Å². The van der Waals surface area contributed by atoms with E-state index in [1.54, 1.807) is 17.7 Å². The van der Waals surface area contributed by atoms with Crippen LogP contribution in [0.1, 0.15) is 24.3 Å². The molecule has 1 N–H and O–H groups in total. The minimum Gasteiger partial charge on any atom is -0.480 e. The second kappa shape index (κ2) is 4.77. The molecule has 0 aliphatic heterocycles. The highest BCUT2D eigenvalue weighted by Gasteiger charge is 2.18. The van der Waals surface area contributed by atoms with Crippen molar-refractivity contribution in [3.63, 3.8) is 0 Å². The Bertz CT molecular complexity index is 293. The van der Waals surface area contributed by atoms with E-state index in [-0.39, 0.29) is 0 Å². The molecule has 1 aromatic rings. The zero-order chi connectivity index (χ0) is 9.68. The topological polar surface area (TPSA) is 50.2 Å². The minimum atomic E-state index is -0.848. The van der Waals surface area contributed by atoms with Crippen molar-refractivity contribution < 1.29 is 9.90 Å². The fourth-order valence-corrected chi connectivity index (χ4v) is 1.64. The van der Waals surface area contributed by atoms with Gasteiger partial charge in [-0.05, 0) is 6.42 Å². The van der Waals surface area contributed by atoms with Crippen LogP contribution in [0.15, 0.2) is 23.7 Å². The van der Waals surface area contributed by atoms with Crippen molar-refractivity contribution in [1.82, 2.24) is 4.98 Å². The number of allylic oxidation sites excluding steroid dienone is 1. The van der Waals surface area contributed by atoms with Crippen LogP contribution in [0.25, 0.3) is 0 Å². The van der Waals surface area contributed by atoms with Crippen molar-refractivity contribution in [2.45, 2.75) is 19.3 Å². The van der Waals surface area contributed by atoms with E-state index in [0.717, 1.165) is 6.42 Å². The van der Waals surface area contributed by atoms with Gasteiger partial charge in [-0.25, -0.2) is 4.98 Å². The third-order valence-electron chi connectivity index (χ3n) is 1.55. The fourth-order valence-electron chi connectivity index (χ4n) is 0.930. The Morgan fingerprint density at radius 2 is 2.62 bits per heavy atom. The van der Waals surface area contributed by atoms with Gasteiger partial charge in [0.15, 0.2) is 0 Å². The first-order valence-corrected chi connectivity index (χ1v) is 4.92. The van der Waals surface area contributed by atoms with Crippen LogP contribution in [0.4, 0.5) is 0 Å². The number of aromatic nitrogens is 1. The molecule has 13 heavy (non-hydrogen) atoms. The lowest BCUT2D eigenvalue weighted by atomic mass is 10.1. The molecular weight excluding hydrogens is 186 g/mol. The molecule has 0 saturated heterocycles. The molecule has 0 aromatic carbocycles. The summed E-state index contributed by atoms with van der Waals surface area (Å²) in [7, 11) is 0. The summed E-state index contributed by atoms with van der Waals surface area (Å²) in [6.45, 7) is 1.97. The number of hydrogen-bond donors (Lipinski definition) is 1. The Labute approximate surface area is 80.7 Å². The third kappa shape index (κ3) is 2.66. The van der Waals surface area contributed by atoms with E-state index < -0.39 is 11.9 Å². The quantitative estimate of drug-likeness (QED) is 0.753. The number of aliphatic carboxylic acids is 1. The van der Waals surface area contributed by atoms with E-state index in [4.69, 9.17) is 5.11 Å². The van der Waals surface area contributed by atoms with Crippen LogP contribution in [0.3, 0.4) is 0 Å². The standard InChI is InChI=1S/C9H11NO2S/c1-2-3-4-7(9(11)12)8-10-5-6-13-8/h3-7H,2H2,1H3,(H,11,12). The summed E-state index contributed by atoms with van der Waals surface area (Å²) in [6.07, 6.45) is 5.99. The number of hydrogen-bond acceptors (Lipinski definition) is 3. The predicted molar refractivity (Wildman–Crippen MR) is 51.9 cm³/mol. The molecule has 1 unspecified atom stereocenters. The minimum absolute atomic E-state index is 0.583. The van der Waals surface area contributed by atoms with Crippen molar-refractivity contribution in [1.29, 1.82) is 0 Å². The fraction of sp³-hybridized carbons (Fsp3) is 0.333. The summed E-state index contributed by atoms with van der Waals surface area (Å²) in [5, 5.41) is 11.3. The van der Waals surface area contributed by atoms with E-state index >= 15 is 0 Å². The summed E-state index contributed by atoms with van der Waals surface area (Å²) in [6, 6.07) is 0. The number of carboxylic acid groups (broad SMARTS) is 1. The van der Waals surface area contributed by atoms with Crippen LogP contribution in [-0.4, -0.2) is 16.1 Å². The maximum absolute atomic E-state index is 10.8. The molecule has 4 heteroatoms. The molecule has 0 fully saturated rings. The normalized spacial score (nSPS) is 13.3. The van der Waals surface area contributed by atoms with Gasteiger partial charge < -0.3 is 5.11 Å². The molecule has 1 rings (SSSR count). The van der Waals surface area contributed by atoms with Crippen LogP contribution in [0, 0.1) is 0 Å². The van der Waals surface area contributed by atoms with Crippen LogP contribution in [-0.2, 0) is 4.79 Å². The molecule has 1 heterocycles. The van der Waals surface area contributed by atoms with E-state index in [0.29, 0.717) is 5.01 Å². The van der Waals surface area contributed by atoms with Gasteiger partial charge >= 0.3 is 5.97 Å². The highest BCUT2D eigenvalue weighted by molar-refractivity contribution is 7.09. The van der Waals surface area contributed by atoms with E-state index in [9.17, 15) is 4.79 Å². The predicted octanol–water partition coefficient (Wildman–Crippen LogP) is 2.28. The zero-order valence-electron chi connectivity index (χ0n) is 7.30. The lowest BCUT2D eigenvalue weighted by Crippen LogP contribution is -2.08. The Kier molecular flexibility index (Phi) is 3.64. The molecule has 0 radical (unpaired) electrons. The Balaban J connectivity index is 2.81. The Morgan fingerprint density at radius 1 is 1.85 bits per heavy atom. The summed E-state index contributed by atoms with van der Waals surface area (Å²) < 4.78 is 0.